The fourth-order valence-corrected chi connectivity index (χ4v) is 1.84. The Labute approximate surface area is 89.5 Å². The van der Waals surface area contributed by atoms with Gasteiger partial charge in [0.15, 0.2) is 0 Å². The van der Waals surface area contributed by atoms with Crippen molar-refractivity contribution in [2.75, 3.05) is 11.4 Å². The van der Waals surface area contributed by atoms with Crippen LogP contribution in [0.3, 0.4) is 0 Å². The Balaban J connectivity index is 2.55. The molecule has 0 radical (unpaired) electrons. The lowest BCUT2D eigenvalue weighted by atomic mass is 9.99. The zero-order valence-corrected chi connectivity index (χ0v) is 8.73. The van der Waals surface area contributed by atoms with Crippen LogP contribution < -0.4 is 4.90 Å². The summed E-state index contributed by atoms with van der Waals surface area (Å²) in [6.07, 6.45) is 3.85. The second-order valence-corrected chi connectivity index (χ2v) is 3.51. The first-order valence-electron chi connectivity index (χ1n) is 4.94. The van der Waals surface area contributed by atoms with E-state index in [1.807, 2.05) is 36.4 Å². The van der Waals surface area contributed by atoms with Crippen LogP contribution in [-0.4, -0.2) is 12.5 Å². The van der Waals surface area contributed by atoms with Gasteiger partial charge in [-0.15, -0.1) is 0 Å². The third-order valence-electron chi connectivity index (χ3n) is 2.60. The van der Waals surface area contributed by atoms with Crippen molar-refractivity contribution in [3.05, 3.63) is 48.6 Å². The summed E-state index contributed by atoms with van der Waals surface area (Å²) >= 11 is 0. The van der Waals surface area contributed by atoms with E-state index in [1.54, 1.807) is 11.8 Å². The Morgan fingerprint density at radius 1 is 1.47 bits per heavy atom. The summed E-state index contributed by atoms with van der Waals surface area (Å²) in [5.74, 6) is 0.0711. The van der Waals surface area contributed by atoms with Gasteiger partial charge in [0.2, 0.25) is 5.91 Å². The van der Waals surface area contributed by atoms with E-state index in [0.717, 1.165) is 16.8 Å². The summed E-state index contributed by atoms with van der Waals surface area (Å²) in [5.41, 5.74) is 3.15. The Morgan fingerprint density at radius 3 is 2.87 bits per heavy atom. The summed E-state index contributed by atoms with van der Waals surface area (Å²) in [6, 6.07) is 7.89. The summed E-state index contributed by atoms with van der Waals surface area (Å²) in [5, 5.41) is 0. The molecule has 1 amide bonds. The number of fused-ring (bicyclic) bond motifs is 1. The minimum Gasteiger partial charge on any atom is -0.308 e. The third kappa shape index (κ3) is 1.59. The van der Waals surface area contributed by atoms with E-state index in [9.17, 15) is 4.79 Å². The average molecular weight is 199 g/mol. The Kier molecular flexibility index (Phi) is 2.42. The number of carbonyl (C=O) groups is 1. The Morgan fingerprint density at radius 2 is 2.20 bits per heavy atom. The molecule has 0 atom stereocenters. The van der Waals surface area contributed by atoms with Crippen LogP contribution in [0.4, 0.5) is 5.69 Å². The van der Waals surface area contributed by atoms with Gasteiger partial charge in [-0.3, -0.25) is 4.79 Å². The molecule has 0 fully saturated rings. The minimum absolute atomic E-state index is 0.0711. The molecule has 0 saturated carbocycles. The average Bonchev–Trinajstić information content (AvgIpc) is 2.27. The van der Waals surface area contributed by atoms with Gasteiger partial charge in [-0.2, -0.15) is 0 Å². The number of hydrogen-bond acceptors (Lipinski definition) is 1. The van der Waals surface area contributed by atoms with Gasteiger partial charge in [-0.05, 0) is 11.6 Å². The SMILES string of the molecule is C=CC1=CCN(C(C)=O)c2ccccc21. The molecule has 76 valence electrons. The molecule has 0 saturated heterocycles. The quantitative estimate of drug-likeness (QED) is 0.680. The molecular weight excluding hydrogens is 186 g/mol. The summed E-state index contributed by atoms with van der Waals surface area (Å²) in [7, 11) is 0. The molecule has 2 rings (SSSR count). The number of carbonyl (C=O) groups excluding carboxylic acids is 1. The lowest BCUT2D eigenvalue weighted by Crippen LogP contribution is -2.31. The number of allylic oxidation sites excluding steroid dienone is 2. The van der Waals surface area contributed by atoms with Crippen LogP contribution in [-0.2, 0) is 4.79 Å². The van der Waals surface area contributed by atoms with E-state index in [-0.39, 0.29) is 5.91 Å². The van der Waals surface area contributed by atoms with Gasteiger partial charge in [0, 0.05) is 19.0 Å². The molecule has 15 heavy (non-hydrogen) atoms. The topological polar surface area (TPSA) is 20.3 Å². The molecular formula is C13H13NO. The standard InChI is InChI=1S/C13H13NO/c1-3-11-8-9-14(10(2)15)13-7-5-4-6-12(11)13/h3-8H,1,9H2,2H3. The van der Waals surface area contributed by atoms with Crippen LogP contribution in [0.2, 0.25) is 0 Å². The maximum Gasteiger partial charge on any atom is 0.224 e. The first-order valence-corrected chi connectivity index (χ1v) is 4.94. The molecule has 1 aliphatic heterocycles. The number of rotatable bonds is 1. The van der Waals surface area contributed by atoms with E-state index in [1.165, 1.54) is 0 Å². The van der Waals surface area contributed by atoms with Crippen molar-refractivity contribution in [3.8, 4) is 0 Å². The smallest absolute Gasteiger partial charge is 0.224 e. The highest BCUT2D eigenvalue weighted by Gasteiger charge is 2.18. The van der Waals surface area contributed by atoms with Gasteiger partial charge in [-0.1, -0.05) is 36.9 Å². The minimum atomic E-state index is 0.0711. The fourth-order valence-electron chi connectivity index (χ4n) is 1.84. The maximum atomic E-state index is 11.4. The van der Waals surface area contributed by atoms with Crippen LogP contribution in [0.25, 0.3) is 5.57 Å². The summed E-state index contributed by atoms with van der Waals surface area (Å²) < 4.78 is 0. The zero-order chi connectivity index (χ0) is 10.8. The normalized spacial score (nSPS) is 14.2. The highest BCUT2D eigenvalue weighted by Crippen LogP contribution is 2.31. The lowest BCUT2D eigenvalue weighted by Gasteiger charge is -2.27. The predicted molar refractivity (Wildman–Crippen MR) is 62.6 cm³/mol. The van der Waals surface area contributed by atoms with E-state index < -0.39 is 0 Å². The van der Waals surface area contributed by atoms with Crippen LogP contribution in [0.1, 0.15) is 12.5 Å². The van der Waals surface area contributed by atoms with Gasteiger partial charge in [0.05, 0.1) is 5.69 Å². The fraction of sp³-hybridized carbons (Fsp3) is 0.154. The van der Waals surface area contributed by atoms with Crippen molar-refractivity contribution in [1.82, 2.24) is 0 Å². The molecule has 0 aromatic heterocycles. The first kappa shape index (κ1) is 9.71. The van der Waals surface area contributed by atoms with E-state index >= 15 is 0 Å². The molecule has 1 aromatic rings. The van der Waals surface area contributed by atoms with Crippen molar-refractivity contribution in [2.24, 2.45) is 0 Å². The van der Waals surface area contributed by atoms with Gasteiger partial charge in [0.1, 0.15) is 0 Å². The molecule has 2 nitrogen and oxygen atoms in total. The number of amides is 1. The summed E-state index contributed by atoms with van der Waals surface area (Å²) in [4.78, 5) is 13.2. The molecule has 1 aliphatic rings. The Bertz CT molecular complexity index is 446. The molecule has 0 bridgehead atoms. The molecule has 0 spiro atoms. The number of hydrogen-bond donors (Lipinski definition) is 0. The van der Waals surface area contributed by atoms with Crippen LogP contribution >= 0.6 is 0 Å². The molecule has 2 heteroatoms. The van der Waals surface area contributed by atoms with Crippen LogP contribution in [0.15, 0.2) is 43.0 Å². The highest BCUT2D eigenvalue weighted by molar-refractivity contribution is 5.98. The maximum absolute atomic E-state index is 11.4. The van der Waals surface area contributed by atoms with E-state index in [2.05, 4.69) is 6.58 Å². The van der Waals surface area contributed by atoms with Crippen LogP contribution in [0, 0.1) is 0 Å². The lowest BCUT2D eigenvalue weighted by molar-refractivity contribution is -0.116. The first-order chi connectivity index (χ1) is 7.24. The molecule has 0 aliphatic carbocycles. The molecule has 1 heterocycles. The largest absolute Gasteiger partial charge is 0.308 e. The van der Waals surface area contributed by atoms with E-state index in [4.69, 9.17) is 0 Å². The Hall–Kier alpha value is -1.83. The van der Waals surface area contributed by atoms with Gasteiger partial charge >= 0.3 is 0 Å². The van der Waals surface area contributed by atoms with Gasteiger partial charge in [0.25, 0.3) is 0 Å². The predicted octanol–water partition coefficient (Wildman–Crippen LogP) is 2.62. The molecule has 0 unspecified atom stereocenters. The highest BCUT2D eigenvalue weighted by atomic mass is 16.2. The van der Waals surface area contributed by atoms with Gasteiger partial charge in [-0.25, -0.2) is 0 Å². The zero-order valence-electron chi connectivity index (χ0n) is 8.73. The van der Waals surface area contributed by atoms with Crippen molar-refractivity contribution in [3.63, 3.8) is 0 Å². The molecule has 1 aromatic carbocycles. The second-order valence-electron chi connectivity index (χ2n) is 3.51. The van der Waals surface area contributed by atoms with Crippen molar-refractivity contribution < 1.29 is 4.79 Å². The number of anilines is 1. The van der Waals surface area contributed by atoms with Crippen molar-refractivity contribution in [1.29, 1.82) is 0 Å². The number of nitrogens with zero attached hydrogens (tertiary/aromatic N) is 1. The summed E-state index contributed by atoms with van der Waals surface area (Å²) in [6.45, 7) is 6.00. The van der Waals surface area contributed by atoms with Crippen molar-refractivity contribution in [2.45, 2.75) is 6.92 Å². The monoisotopic (exact) mass is 199 g/mol. The van der Waals surface area contributed by atoms with Crippen molar-refractivity contribution >= 4 is 17.2 Å². The molecule has 0 N–H and O–H groups in total. The third-order valence-corrected chi connectivity index (χ3v) is 2.60. The number of benzene rings is 1. The van der Waals surface area contributed by atoms with Gasteiger partial charge < -0.3 is 4.90 Å². The van der Waals surface area contributed by atoms with E-state index in [0.29, 0.717) is 6.54 Å². The number of para-hydroxylation sites is 1. The second kappa shape index (κ2) is 3.73. The van der Waals surface area contributed by atoms with Crippen LogP contribution in [0.5, 0.6) is 0 Å².